The van der Waals surface area contributed by atoms with E-state index < -0.39 is 28.9 Å². The van der Waals surface area contributed by atoms with Gasteiger partial charge in [0.1, 0.15) is 17.2 Å². The van der Waals surface area contributed by atoms with Crippen LogP contribution in [0.5, 0.6) is 11.5 Å². The molecule has 8 nitrogen and oxygen atoms in total. The topological polar surface area (TPSA) is 88.8 Å². The summed E-state index contributed by atoms with van der Waals surface area (Å²) in [5.74, 6) is 0.951. The highest BCUT2D eigenvalue weighted by molar-refractivity contribution is 5.75. The van der Waals surface area contributed by atoms with Gasteiger partial charge in [0.15, 0.2) is 0 Å². The molecule has 0 spiro atoms. The lowest BCUT2D eigenvalue weighted by molar-refractivity contribution is -0.137. The summed E-state index contributed by atoms with van der Waals surface area (Å²) in [5.41, 5.74) is -0.377. The number of nitrogens with one attached hydrogen (secondary N) is 1. The van der Waals surface area contributed by atoms with Crippen LogP contribution in [0.15, 0.2) is 41.2 Å². The van der Waals surface area contributed by atoms with E-state index >= 15 is 0 Å². The van der Waals surface area contributed by atoms with E-state index in [1.54, 1.807) is 23.1 Å². The van der Waals surface area contributed by atoms with Crippen LogP contribution in [0.3, 0.4) is 0 Å². The number of alkyl halides is 3. The SMILES string of the molecule is COc1cc(OC)cc(-c2nn(-c3cc(N4CCC(O)C4)ccc3C(F)(F)F)c(=O)c3c2CC(C)(C)N3)c1. The van der Waals surface area contributed by atoms with E-state index in [2.05, 4.69) is 10.4 Å². The smallest absolute Gasteiger partial charge is 0.418 e. The molecule has 5 rings (SSSR count). The Hall–Kier alpha value is -3.73. The Morgan fingerprint density at radius 2 is 1.79 bits per heavy atom. The van der Waals surface area contributed by atoms with Gasteiger partial charge >= 0.3 is 6.18 Å². The van der Waals surface area contributed by atoms with E-state index in [0.717, 1.165) is 10.7 Å². The maximum absolute atomic E-state index is 14.2. The predicted molar refractivity (Wildman–Crippen MR) is 138 cm³/mol. The standard InChI is InChI=1S/C27H29F3N4O4/c1-26(2)13-20-23(15-9-18(37-3)12-19(10-15)38-4)32-34(25(36)24(20)31-26)22-11-16(33-8-7-17(35)14-33)5-6-21(22)27(28,29)30/h5-6,9-12,17,31,35H,7-8,13-14H2,1-4H3. The number of rotatable bonds is 5. The van der Waals surface area contributed by atoms with E-state index in [0.29, 0.717) is 59.9 Å². The fourth-order valence-electron chi connectivity index (χ4n) is 5.13. The van der Waals surface area contributed by atoms with Crippen LogP contribution in [-0.2, 0) is 12.6 Å². The molecule has 11 heteroatoms. The molecule has 0 saturated carbocycles. The average Bonchev–Trinajstić information content (AvgIpc) is 3.45. The van der Waals surface area contributed by atoms with Crippen LogP contribution in [0, 0.1) is 0 Å². The van der Waals surface area contributed by atoms with Gasteiger partial charge in [0.2, 0.25) is 0 Å². The molecule has 202 valence electrons. The summed E-state index contributed by atoms with van der Waals surface area (Å²) < 4.78 is 54.2. The van der Waals surface area contributed by atoms with Gasteiger partial charge in [0.25, 0.3) is 5.56 Å². The Bertz CT molecular complexity index is 1430. The van der Waals surface area contributed by atoms with E-state index in [9.17, 15) is 23.1 Å². The minimum atomic E-state index is -4.73. The van der Waals surface area contributed by atoms with Crippen molar-refractivity contribution in [2.24, 2.45) is 0 Å². The summed E-state index contributed by atoms with van der Waals surface area (Å²) >= 11 is 0. The molecule has 2 aliphatic heterocycles. The zero-order valence-corrected chi connectivity index (χ0v) is 21.5. The molecule has 0 aliphatic carbocycles. The number of nitrogens with zero attached hydrogens (tertiary/aromatic N) is 3. The Labute approximate surface area is 217 Å². The van der Waals surface area contributed by atoms with Crippen LogP contribution >= 0.6 is 0 Å². The lowest BCUT2D eigenvalue weighted by Crippen LogP contribution is -2.31. The number of methoxy groups -OCH3 is 2. The third kappa shape index (κ3) is 4.66. The van der Waals surface area contributed by atoms with Crippen LogP contribution in [0.1, 0.15) is 31.4 Å². The van der Waals surface area contributed by atoms with Gasteiger partial charge in [-0.1, -0.05) is 0 Å². The lowest BCUT2D eigenvalue weighted by atomic mass is 9.97. The van der Waals surface area contributed by atoms with Crippen molar-refractivity contribution in [3.8, 4) is 28.4 Å². The van der Waals surface area contributed by atoms with Crippen LogP contribution < -0.4 is 25.2 Å². The molecule has 3 heterocycles. The average molecular weight is 531 g/mol. The molecule has 3 aromatic rings. The molecule has 1 aromatic heterocycles. The predicted octanol–water partition coefficient (Wildman–Crippen LogP) is 4.25. The third-order valence-electron chi connectivity index (χ3n) is 6.94. The molecule has 38 heavy (non-hydrogen) atoms. The minimum Gasteiger partial charge on any atom is -0.497 e. The van der Waals surface area contributed by atoms with Crippen molar-refractivity contribution in [3.05, 3.63) is 57.9 Å². The molecule has 0 bridgehead atoms. The third-order valence-corrected chi connectivity index (χ3v) is 6.94. The van der Waals surface area contributed by atoms with Gasteiger partial charge in [-0.05, 0) is 57.0 Å². The van der Waals surface area contributed by atoms with Crippen molar-refractivity contribution in [3.63, 3.8) is 0 Å². The number of ether oxygens (including phenoxy) is 2. The molecular formula is C27H29F3N4O4. The molecule has 0 radical (unpaired) electrons. The minimum absolute atomic E-state index is 0.205. The van der Waals surface area contributed by atoms with Crippen LogP contribution in [-0.4, -0.2) is 53.8 Å². The van der Waals surface area contributed by atoms with E-state index in [4.69, 9.17) is 9.47 Å². The summed E-state index contributed by atoms with van der Waals surface area (Å²) in [4.78, 5) is 15.5. The second-order valence-corrected chi connectivity index (χ2v) is 10.3. The molecule has 1 fully saturated rings. The molecule has 2 aliphatic rings. The zero-order chi connectivity index (χ0) is 27.4. The number of hydrogen-bond acceptors (Lipinski definition) is 7. The first kappa shape index (κ1) is 25.9. The maximum Gasteiger partial charge on any atom is 0.418 e. The Kier molecular flexibility index (Phi) is 6.29. The van der Waals surface area contributed by atoms with E-state index in [-0.39, 0.29) is 11.4 Å². The molecule has 1 atom stereocenters. The molecule has 2 aromatic carbocycles. The Morgan fingerprint density at radius 1 is 1.11 bits per heavy atom. The monoisotopic (exact) mass is 530 g/mol. The fourth-order valence-corrected chi connectivity index (χ4v) is 5.13. The Morgan fingerprint density at radius 3 is 2.37 bits per heavy atom. The molecule has 2 N–H and O–H groups in total. The molecular weight excluding hydrogens is 501 g/mol. The van der Waals surface area contributed by atoms with Gasteiger partial charge in [-0.3, -0.25) is 4.79 Å². The number of aromatic nitrogens is 2. The number of halogens is 3. The number of aliphatic hydroxyl groups is 1. The second kappa shape index (κ2) is 9.23. The van der Waals surface area contributed by atoms with Crippen LogP contribution in [0.2, 0.25) is 0 Å². The van der Waals surface area contributed by atoms with Gasteiger partial charge in [0, 0.05) is 41.5 Å². The number of aliphatic hydroxyl groups excluding tert-OH is 1. The van der Waals surface area contributed by atoms with E-state index in [1.807, 2.05) is 13.8 Å². The molecule has 1 saturated heterocycles. The zero-order valence-electron chi connectivity index (χ0n) is 21.5. The van der Waals surface area contributed by atoms with Crippen molar-refractivity contribution in [2.45, 2.75) is 44.5 Å². The van der Waals surface area contributed by atoms with Crippen LogP contribution in [0.25, 0.3) is 16.9 Å². The highest BCUT2D eigenvalue weighted by Crippen LogP contribution is 2.40. The number of fused-ring (bicyclic) bond motifs is 1. The van der Waals surface area contributed by atoms with Crippen LogP contribution in [0.4, 0.5) is 24.5 Å². The summed E-state index contributed by atoms with van der Waals surface area (Å²) in [7, 11) is 3.00. The van der Waals surface area contributed by atoms with Gasteiger partial charge < -0.3 is 24.8 Å². The Balaban J connectivity index is 1.78. The largest absolute Gasteiger partial charge is 0.497 e. The summed E-state index contributed by atoms with van der Waals surface area (Å²) in [5, 5.41) is 17.7. The van der Waals surface area contributed by atoms with Gasteiger partial charge in [-0.2, -0.15) is 23.0 Å². The van der Waals surface area contributed by atoms with Gasteiger partial charge in [-0.25, -0.2) is 0 Å². The van der Waals surface area contributed by atoms with Crippen molar-refractivity contribution in [1.29, 1.82) is 0 Å². The van der Waals surface area contributed by atoms with Crippen molar-refractivity contribution in [2.75, 3.05) is 37.5 Å². The number of benzene rings is 2. The first-order valence-electron chi connectivity index (χ1n) is 12.2. The number of anilines is 2. The molecule has 0 amide bonds. The first-order chi connectivity index (χ1) is 17.9. The summed E-state index contributed by atoms with van der Waals surface area (Å²) in [6.45, 7) is 4.60. The van der Waals surface area contributed by atoms with Crippen molar-refractivity contribution < 1.29 is 27.8 Å². The first-order valence-corrected chi connectivity index (χ1v) is 12.2. The van der Waals surface area contributed by atoms with E-state index in [1.165, 1.54) is 26.4 Å². The lowest BCUT2D eigenvalue weighted by Gasteiger charge is -2.22. The number of hydrogen-bond donors (Lipinski definition) is 2. The second-order valence-electron chi connectivity index (χ2n) is 10.3. The fraction of sp³-hybridized carbons (Fsp3) is 0.407. The van der Waals surface area contributed by atoms with Gasteiger partial charge in [0.05, 0.1) is 37.3 Å². The summed E-state index contributed by atoms with van der Waals surface area (Å²) in [6.07, 6.45) is -4.35. The maximum atomic E-state index is 14.2. The quantitative estimate of drug-likeness (QED) is 0.510. The normalized spacial score (nSPS) is 18.3. The van der Waals surface area contributed by atoms with Crippen molar-refractivity contribution >= 4 is 11.4 Å². The number of β-amino-alcohol motifs (C(OH)–C–C–N with tert-alkyl or cyclic N) is 1. The highest BCUT2D eigenvalue weighted by atomic mass is 19.4. The van der Waals surface area contributed by atoms with Gasteiger partial charge in [-0.15, -0.1) is 0 Å². The summed E-state index contributed by atoms with van der Waals surface area (Å²) in [6, 6.07) is 8.73. The molecule has 1 unspecified atom stereocenters. The van der Waals surface area contributed by atoms with Crippen molar-refractivity contribution in [1.82, 2.24) is 9.78 Å². The highest BCUT2D eigenvalue weighted by Gasteiger charge is 2.38.